The van der Waals surface area contributed by atoms with Crippen LogP contribution in [0.5, 0.6) is 6.01 Å². The average molecular weight is 385 g/mol. The third kappa shape index (κ3) is 4.56. The Bertz CT molecular complexity index is 936. The van der Waals surface area contributed by atoms with Crippen molar-refractivity contribution in [2.24, 2.45) is 0 Å². The summed E-state index contributed by atoms with van der Waals surface area (Å²) in [7, 11) is 1.43. The lowest BCUT2D eigenvalue weighted by Gasteiger charge is -2.20. The summed E-state index contributed by atoms with van der Waals surface area (Å²) in [6, 6.07) is 7.74. The molecule has 1 atom stereocenters. The lowest BCUT2D eigenvalue weighted by Crippen LogP contribution is -2.34. The van der Waals surface area contributed by atoms with Crippen LogP contribution < -0.4 is 15.4 Å². The van der Waals surface area contributed by atoms with Gasteiger partial charge in [-0.3, -0.25) is 4.98 Å². The number of pyridine rings is 1. The van der Waals surface area contributed by atoms with Gasteiger partial charge in [0, 0.05) is 6.20 Å². The lowest BCUT2D eigenvalue weighted by atomic mass is 10.0. The van der Waals surface area contributed by atoms with Gasteiger partial charge in [0.1, 0.15) is 24.2 Å². The van der Waals surface area contributed by atoms with Crippen LogP contribution in [0, 0.1) is 5.82 Å². The summed E-state index contributed by atoms with van der Waals surface area (Å²) in [5.41, 5.74) is 1.39. The minimum Gasteiger partial charge on any atom is -0.467 e. The van der Waals surface area contributed by atoms with E-state index in [1.54, 1.807) is 24.3 Å². The van der Waals surface area contributed by atoms with Gasteiger partial charge in [0.25, 0.3) is 0 Å². The zero-order valence-corrected chi connectivity index (χ0v) is 14.9. The summed E-state index contributed by atoms with van der Waals surface area (Å²) < 4.78 is 31.9. The predicted molar refractivity (Wildman–Crippen MR) is 98.0 cm³/mol. The Morgan fingerprint density at radius 3 is 2.46 bits per heavy atom. The Hall–Kier alpha value is -3.62. The molecule has 0 unspecified atom stereocenters. The first-order chi connectivity index (χ1) is 13.6. The van der Waals surface area contributed by atoms with Gasteiger partial charge in [-0.15, -0.1) is 0 Å². The maximum Gasteiger partial charge on any atom is 0.320 e. The quantitative estimate of drug-likeness (QED) is 0.679. The van der Waals surface area contributed by atoms with E-state index in [9.17, 15) is 13.6 Å². The molecule has 0 saturated heterocycles. The fourth-order valence-electron chi connectivity index (χ4n) is 2.50. The van der Waals surface area contributed by atoms with Crippen molar-refractivity contribution in [2.75, 3.05) is 12.4 Å². The molecular weight excluding hydrogens is 368 g/mol. The van der Waals surface area contributed by atoms with Crippen molar-refractivity contribution in [3.05, 3.63) is 77.6 Å². The summed E-state index contributed by atoms with van der Waals surface area (Å²) in [4.78, 5) is 24.3. The van der Waals surface area contributed by atoms with E-state index in [2.05, 4.69) is 25.6 Å². The number of benzene rings is 1. The molecule has 3 aromatic rings. The largest absolute Gasteiger partial charge is 0.467 e. The number of nitrogens with zero attached hydrogens (tertiary/aromatic N) is 3. The number of halogens is 2. The Morgan fingerprint density at radius 1 is 1.14 bits per heavy atom. The number of methoxy groups -OCH3 is 1. The minimum atomic E-state index is -0.881. The van der Waals surface area contributed by atoms with Crippen LogP contribution >= 0.6 is 0 Å². The average Bonchev–Trinajstić information content (AvgIpc) is 2.73. The number of carbonyl (C=O) groups is 1. The molecule has 0 fully saturated rings. The summed E-state index contributed by atoms with van der Waals surface area (Å²) in [6.07, 6.45) is 4.17. The van der Waals surface area contributed by atoms with Crippen molar-refractivity contribution in [1.29, 1.82) is 0 Å². The standard InChI is InChI=1S/C19H17F2N5O2/c1-28-19-23-10-14(11-24-19)25-18(27)26-16(17-15(21)3-2-8-22-17)13-6-4-12(9-20)5-7-13/h2-8,10-11,16H,9H2,1H3,(H2,25,26,27)/t16-/m0/s1. The van der Waals surface area contributed by atoms with E-state index in [0.29, 0.717) is 16.8 Å². The number of hydrogen-bond donors (Lipinski definition) is 2. The van der Waals surface area contributed by atoms with E-state index in [0.717, 1.165) is 0 Å². The van der Waals surface area contributed by atoms with E-state index >= 15 is 0 Å². The minimum absolute atomic E-state index is 0.0385. The van der Waals surface area contributed by atoms with E-state index in [1.807, 2.05) is 0 Å². The van der Waals surface area contributed by atoms with Crippen LogP contribution in [0.2, 0.25) is 0 Å². The molecule has 0 spiro atoms. The normalized spacial score (nSPS) is 11.5. The third-order valence-electron chi connectivity index (χ3n) is 3.87. The Labute approximate surface area is 159 Å². The first kappa shape index (κ1) is 19.2. The van der Waals surface area contributed by atoms with Crippen molar-refractivity contribution >= 4 is 11.7 Å². The molecule has 1 aromatic carbocycles. The molecule has 28 heavy (non-hydrogen) atoms. The first-order valence-corrected chi connectivity index (χ1v) is 8.29. The van der Waals surface area contributed by atoms with Crippen LogP contribution in [-0.2, 0) is 6.67 Å². The fourth-order valence-corrected chi connectivity index (χ4v) is 2.50. The fraction of sp³-hybridized carbons (Fsp3) is 0.158. The van der Waals surface area contributed by atoms with Gasteiger partial charge in [0.15, 0.2) is 0 Å². The Morgan fingerprint density at radius 2 is 1.86 bits per heavy atom. The van der Waals surface area contributed by atoms with E-state index in [4.69, 9.17) is 4.74 Å². The van der Waals surface area contributed by atoms with Gasteiger partial charge >= 0.3 is 12.0 Å². The summed E-state index contributed by atoms with van der Waals surface area (Å²) in [6.45, 7) is -0.617. The number of hydrogen-bond acceptors (Lipinski definition) is 5. The molecular formula is C19H17F2N5O2. The smallest absolute Gasteiger partial charge is 0.320 e. The van der Waals surface area contributed by atoms with Gasteiger partial charge < -0.3 is 15.4 Å². The Kier molecular flexibility index (Phi) is 6.05. The molecule has 9 heteroatoms. The van der Waals surface area contributed by atoms with Gasteiger partial charge in [0.05, 0.1) is 25.2 Å². The van der Waals surface area contributed by atoms with Gasteiger partial charge in [-0.1, -0.05) is 24.3 Å². The molecule has 2 heterocycles. The highest BCUT2D eigenvalue weighted by atomic mass is 19.1. The summed E-state index contributed by atoms with van der Waals surface area (Å²) in [5.74, 6) is -0.574. The molecule has 0 bridgehead atoms. The number of nitrogens with one attached hydrogen (secondary N) is 2. The number of urea groups is 1. The van der Waals surface area contributed by atoms with E-state index in [-0.39, 0.29) is 11.7 Å². The second kappa shape index (κ2) is 8.85. The molecule has 2 N–H and O–H groups in total. The highest BCUT2D eigenvalue weighted by molar-refractivity contribution is 5.89. The van der Waals surface area contributed by atoms with Gasteiger partial charge in [0.2, 0.25) is 0 Å². The topological polar surface area (TPSA) is 89.0 Å². The first-order valence-electron chi connectivity index (χ1n) is 8.29. The zero-order chi connectivity index (χ0) is 19.9. The number of carbonyl (C=O) groups excluding carboxylic acids is 1. The number of rotatable bonds is 6. The van der Waals surface area contributed by atoms with Gasteiger partial charge in [-0.25, -0.2) is 23.5 Å². The molecule has 0 aliphatic heterocycles. The van der Waals surface area contributed by atoms with Crippen LogP contribution in [0.3, 0.4) is 0 Å². The summed E-state index contributed by atoms with van der Waals surface area (Å²) >= 11 is 0. The molecule has 0 aliphatic carbocycles. The second-order valence-corrected chi connectivity index (χ2v) is 5.74. The maximum atomic E-state index is 14.3. The van der Waals surface area contributed by atoms with Gasteiger partial charge in [-0.2, -0.15) is 0 Å². The lowest BCUT2D eigenvalue weighted by molar-refractivity contribution is 0.249. The number of ether oxygens (including phenoxy) is 1. The van der Waals surface area contributed by atoms with E-state index in [1.165, 1.54) is 37.8 Å². The number of amides is 2. The SMILES string of the molecule is COc1ncc(NC(=O)N[C@@H](c2ccc(CF)cc2)c2ncccc2F)cn1. The third-order valence-corrected chi connectivity index (χ3v) is 3.87. The highest BCUT2D eigenvalue weighted by Crippen LogP contribution is 2.23. The number of alkyl halides is 1. The molecule has 0 saturated carbocycles. The van der Waals surface area contributed by atoms with Crippen LogP contribution in [0.15, 0.2) is 55.0 Å². The van der Waals surface area contributed by atoms with Crippen LogP contribution in [0.25, 0.3) is 0 Å². The van der Waals surface area contributed by atoms with Gasteiger partial charge in [-0.05, 0) is 23.3 Å². The molecule has 0 aliphatic rings. The van der Waals surface area contributed by atoms with Crippen molar-refractivity contribution < 1.29 is 18.3 Å². The maximum absolute atomic E-state index is 14.3. The zero-order valence-electron chi connectivity index (χ0n) is 14.9. The van der Waals surface area contributed by atoms with E-state index < -0.39 is 24.6 Å². The van der Waals surface area contributed by atoms with Crippen LogP contribution in [0.1, 0.15) is 22.9 Å². The van der Waals surface area contributed by atoms with Crippen molar-refractivity contribution in [3.8, 4) is 6.01 Å². The molecule has 7 nitrogen and oxygen atoms in total. The predicted octanol–water partition coefficient (Wildman–Crippen LogP) is 3.40. The second-order valence-electron chi connectivity index (χ2n) is 5.74. The molecule has 2 amide bonds. The Balaban J connectivity index is 1.83. The van der Waals surface area contributed by atoms with Crippen molar-refractivity contribution in [1.82, 2.24) is 20.3 Å². The molecule has 144 valence electrons. The van der Waals surface area contributed by atoms with Crippen LogP contribution in [0.4, 0.5) is 19.3 Å². The van der Waals surface area contributed by atoms with Crippen LogP contribution in [-0.4, -0.2) is 28.1 Å². The highest BCUT2D eigenvalue weighted by Gasteiger charge is 2.22. The molecule has 2 aromatic heterocycles. The molecule has 3 rings (SSSR count). The summed E-state index contributed by atoms with van der Waals surface area (Å²) in [5, 5.41) is 5.24. The number of aromatic nitrogens is 3. The number of anilines is 1. The van der Waals surface area contributed by atoms with Crippen molar-refractivity contribution in [2.45, 2.75) is 12.7 Å². The molecule has 0 radical (unpaired) electrons. The monoisotopic (exact) mass is 385 g/mol. The van der Waals surface area contributed by atoms with Crippen molar-refractivity contribution in [3.63, 3.8) is 0 Å².